The summed E-state index contributed by atoms with van der Waals surface area (Å²) >= 11 is 0. The predicted octanol–water partition coefficient (Wildman–Crippen LogP) is 2.67. The second-order valence-electron chi connectivity index (χ2n) is 5.87. The maximum Gasteiger partial charge on any atom is 0.132 e. The molecule has 0 aliphatic carbocycles. The van der Waals surface area contributed by atoms with Crippen LogP contribution in [0.5, 0.6) is 0 Å². The molecule has 1 N–H and O–H groups in total. The van der Waals surface area contributed by atoms with Crippen molar-refractivity contribution in [3.63, 3.8) is 0 Å². The van der Waals surface area contributed by atoms with Gasteiger partial charge in [-0.25, -0.2) is 0 Å². The molecule has 1 rings (SSSR count). The number of carbonyl (C=O) groups excluding carboxylic acids is 1. The number of ketones is 1. The van der Waals surface area contributed by atoms with Crippen molar-refractivity contribution in [1.29, 1.82) is 0 Å². The maximum atomic E-state index is 11.4. The Morgan fingerprint density at radius 3 is 2.71 bits per heavy atom. The molecule has 0 radical (unpaired) electrons. The largest absolute Gasteiger partial charge is 0.307 e. The molecular formula is C17H33N3O. The third-order valence-electron chi connectivity index (χ3n) is 4.13. The number of unbranched alkanes of at least 4 members (excludes halogenated alkanes) is 1. The zero-order valence-electron chi connectivity index (χ0n) is 14.2. The summed E-state index contributed by atoms with van der Waals surface area (Å²) in [5, 5.41) is 3.61. The first kappa shape index (κ1) is 18.3. The molecule has 21 heavy (non-hydrogen) atoms. The number of aliphatic imine (C=N–C) groups is 1. The van der Waals surface area contributed by atoms with Gasteiger partial charge in [-0.15, -0.1) is 0 Å². The number of nitrogens with zero attached hydrogens (tertiary/aromatic N) is 2. The van der Waals surface area contributed by atoms with Gasteiger partial charge in [-0.1, -0.05) is 20.3 Å². The molecule has 1 fully saturated rings. The van der Waals surface area contributed by atoms with E-state index in [1.807, 2.05) is 6.92 Å². The highest BCUT2D eigenvalue weighted by molar-refractivity contribution is 5.90. The molecule has 1 aliphatic rings. The summed E-state index contributed by atoms with van der Waals surface area (Å²) in [6.45, 7) is 11.4. The van der Waals surface area contributed by atoms with Crippen LogP contribution >= 0.6 is 0 Å². The first-order valence-corrected chi connectivity index (χ1v) is 8.71. The first-order chi connectivity index (χ1) is 10.2. The van der Waals surface area contributed by atoms with Gasteiger partial charge in [0.2, 0.25) is 0 Å². The van der Waals surface area contributed by atoms with Gasteiger partial charge in [-0.3, -0.25) is 9.79 Å². The molecule has 4 nitrogen and oxygen atoms in total. The van der Waals surface area contributed by atoms with Crippen LogP contribution in [0.2, 0.25) is 0 Å². The topological polar surface area (TPSA) is 44.7 Å². The molecule has 0 bridgehead atoms. The van der Waals surface area contributed by atoms with Gasteiger partial charge < -0.3 is 10.2 Å². The molecule has 0 aromatic carbocycles. The number of Topliss-reactive ketones (excluding diaryl/α,β-unsaturated/α-hetero) is 1. The molecule has 1 unspecified atom stereocenters. The lowest BCUT2D eigenvalue weighted by atomic mass is 10.0. The van der Waals surface area contributed by atoms with Crippen molar-refractivity contribution in [2.24, 2.45) is 4.99 Å². The van der Waals surface area contributed by atoms with E-state index in [0.29, 0.717) is 18.2 Å². The Morgan fingerprint density at radius 2 is 2.05 bits per heavy atom. The van der Waals surface area contributed by atoms with Crippen LogP contribution in [0.25, 0.3) is 0 Å². The van der Waals surface area contributed by atoms with Crippen molar-refractivity contribution >= 4 is 11.5 Å². The summed E-state index contributed by atoms with van der Waals surface area (Å²) in [6.07, 6.45) is 5.96. The second kappa shape index (κ2) is 10.9. The fourth-order valence-corrected chi connectivity index (χ4v) is 2.84. The van der Waals surface area contributed by atoms with Gasteiger partial charge >= 0.3 is 0 Å². The molecular weight excluding hydrogens is 262 g/mol. The zero-order valence-corrected chi connectivity index (χ0v) is 14.2. The molecule has 1 heterocycles. The summed E-state index contributed by atoms with van der Waals surface area (Å²) in [5.41, 5.74) is 1.34. The third kappa shape index (κ3) is 7.18. The highest BCUT2D eigenvalue weighted by atomic mass is 16.1. The summed E-state index contributed by atoms with van der Waals surface area (Å²) in [5.74, 6) is 0.387. The molecule has 0 saturated carbocycles. The Balaban J connectivity index is 2.42. The minimum atomic E-state index is 0.387. The maximum absolute atomic E-state index is 11.4. The fraction of sp³-hybridized carbons (Fsp3) is 0.882. The Morgan fingerprint density at radius 1 is 1.24 bits per heavy atom. The standard InChI is InChI=1S/C17H33N3O/c1-4-7-10-16(18-6-3)17-14-20(13-11-19-17)12-8-9-15(21)5-2/h17,19H,4-14H2,1-3H3/b18-16+. The normalized spacial score (nSPS) is 20.7. The lowest BCUT2D eigenvalue weighted by Crippen LogP contribution is -2.54. The van der Waals surface area contributed by atoms with E-state index in [1.165, 1.54) is 18.6 Å². The summed E-state index contributed by atoms with van der Waals surface area (Å²) in [7, 11) is 0. The van der Waals surface area contributed by atoms with Crippen LogP contribution in [0.3, 0.4) is 0 Å². The quantitative estimate of drug-likeness (QED) is 0.630. The Kier molecular flexibility index (Phi) is 9.51. The van der Waals surface area contributed by atoms with Gasteiger partial charge in [0.25, 0.3) is 0 Å². The third-order valence-corrected chi connectivity index (χ3v) is 4.13. The van der Waals surface area contributed by atoms with Gasteiger partial charge in [-0.2, -0.15) is 0 Å². The SMILES string of the molecule is CCCC/C(=N\CC)C1CN(CCCC(=O)CC)CCN1. The molecule has 1 atom stereocenters. The molecule has 0 spiro atoms. The molecule has 122 valence electrons. The molecule has 0 amide bonds. The van der Waals surface area contributed by atoms with E-state index >= 15 is 0 Å². The van der Waals surface area contributed by atoms with Crippen molar-refractivity contribution in [2.75, 3.05) is 32.7 Å². The Hall–Kier alpha value is -0.740. The number of carbonyl (C=O) groups is 1. The van der Waals surface area contributed by atoms with Gasteiger partial charge in [0, 0.05) is 44.7 Å². The predicted molar refractivity (Wildman–Crippen MR) is 90.3 cm³/mol. The molecule has 1 aliphatic heterocycles. The zero-order chi connectivity index (χ0) is 15.5. The smallest absolute Gasteiger partial charge is 0.132 e. The summed E-state index contributed by atoms with van der Waals surface area (Å²) in [6, 6.07) is 0.409. The van der Waals surface area contributed by atoms with Crippen LogP contribution in [0, 0.1) is 0 Å². The first-order valence-electron chi connectivity index (χ1n) is 8.71. The van der Waals surface area contributed by atoms with Crippen LogP contribution in [0.1, 0.15) is 59.3 Å². The Bertz CT molecular complexity index is 328. The van der Waals surface area contributed by atoms with E-state index in [0.717, 1.165) is 52.0 Å². The number of hydrogen-bond acceptors (Lipinski definition) is 4. The highest BCUT2D eigenvalue weighted by Gasteiger charge is 2.22. The molecule has 0 aromatic rings. The van der Waals surface area contributed by atoms with Crippen molar-refractivity contribution in [2.45, 2.75) is 65.3 Å². The van der Waals surface area contributed by atoms with E-state index in [1.54, 1.807) is 0 Å². The van der Waals surface area contributed by atoms with Gasteiger partial charge in [0.15, 0.2) is 0 Å². The monoisotopic (exact) mass is 295 g/mol. The van der Waals surface area contributed by atoms with Crippen LogP contribution < -0.4 is 5.32 Å². The van der Waals surface area contributed by atoms with Crippen molar-refractivity contribution in [3.05, 3.63) is 0 Å². The van der Waals surface area contributed by atoms with Gasteiger partial charge in [-0.05, 0) is 32.7 Å². The van der Waals surface area contributed by atoms with Crippen LogP contribution in [-0.2, 0) is 4.79 Å². The lowest BCUT2D eigenvalue weighted by molar-refractivity contribution is -0.118. The van der Waals surface area contributed by atoms with Crippen LogP contribution in [-0.4, -0.2) is 55.2 Å². The van der Waals surface area contributed by atoms with Crippen molar-refractivity contribution in [3.8, 4) is 0 Å². The molecule has 0 aromatic heterocycles. The average molecular weight is 295 g/mol. The van der Waals surface area contributed by atoms with E-state index in [2.05, 4.69) is 24.1 Å². The van der Waals surface area contributed by atoms with E-state index in [9.17, 15) is 4.79 Å². The number of piperazine rings is 1. The van der Waals surface area contributed by atoms with E-state index < -0.39 is 0 Å². The lowest BCUT2D eigenvalue weighted by Gasteiger charge is -2.34. The minimum absolute atomic E-state index is 0.387. The molecule has 4 heteroatoms. The van der Waals surface area contributed by atoms with Gasteiger partial charge in [0.05, 0.1) is 6.04 Å². The summed E-state index contributed by atoms with van der Waals surface area (Å²) < 4.78 is 0. The van der Waals surface area contributed by atoms with Gasteiger partial charge in [0.1, 0.15) is 5.78 Å². The highest BCUT2D eigenvalue weighted by Crippen LogP contribution is 2.09. The van der Waals surface area contributed by atoms with Crippen molar-refractivity contribution in [1.82, 2.24) is 10.2 Å². The summed E-state index contributed by atoms with van der Waals surface area (Å²) in [4.78, 5) is 18.6. The number of rotatable bonds is 10. The van der Waals surface area contributed by atoms with E-state index in [4.69, 9.17) is 4.99 Å². The Labute approximate surface area is 130 Å². The fourth-order valence-electron chi connectivity index (χ4n) is 2.84. The number of nitrogens with one attached hydrogen (secondary N) is 1. The average Bonchev–Trinajstić information content (AvgIpc) is 2.51. The van der Waals surface area contributed by atoms with Crippen LogP contribution in [0.4, 0.5) is 0 Å². The van der Waals surface area contributed by atoms with Crippen molar-refractivity contribution < 1.29 is 4.79 Å². The number of hydrogen-bond donors (Lipinski definition) is 1. The van der Waals surface area contributed by atoms with Crippen LogP contribution in [0.15, 0.2) is 4.99 Å². The minimum Gasteiger partial charge on any atom is -0.307 e. The second-order valence-corrected chi connectivity index (χ2v) is 5.87. The van der Waals surface area contributed by atoms with E-state index in [-0.39, 0.29) is 0 Å². The molecule has 1 saturated heterocycles.